The molecule has 1 rings (SSSR count). The minimum Gasteiger partial charge on any atom is -0.367 e. The Kier molecular flexibility index (Phi) is 8.01. The third kappa shape index (κ3) is 10.5. The number of nitrogens with zero attached hydrogens (tertiary/aromatic N) is 1. The van der Waals surface area contributed by atoms with Crippen LogP contribution in [0.15, 0.2) is 29.3 Å². The molecule has 25 heavy (non-hydrogen) atoms. The predicted octanol–water partition coefficient (Wildman–Crippen LogP) is 3.38. The summed E-state index contributed by atoms with van der Waals surface area (Å²) in [5, 5.41) is 5.39. The first-order chi connectivity index (χ1) is 11.6. The Bertz CT molecular complexity index is 540. The van der Waals surface area contributed by atoms with Gasteiger partial charge in [-0.05, 0) is 11.1 Å². The largest absolute Gasteiger partial charge is 0.411 e. The molecule has 0 radical (unpaired) electrons. The highest BCUT2D eigenvalue weighted by Crippen LogP contribution is 2.18. The molecule has 0 atom stereocenters. The molecule has 0 amide bonds. The van der Waals surface area contributed by atoms with Crippen molar-refractivity contribution >= 4 is 5.96 Å². The minimum absolute atomic E-state index is 0.159. The number of aliphatic imine (C=N–C) groups is 1. The van der Waals surface area contributed by atoms with Crippen molar-refractivity contribution in [3.05, 3.63) is 35.4 Å². The Balaban J connectivity index is 2.36. The lowest BCUT2D eigenvalue weighted by molar-refractivity contribution is -0.176. The van der Waals surface area contributed by atoms with Gasteiger partial charge in [-0.15, -0.1) is 0 Å². The molecule has 1 aromatic rings. The molecule has 0 aliphatic heterocycles. The molecule has 0 aromatic heterocycles. The highest BCUT2D eigenvalue weighted by Gasteiger charge is 2.27. The molecule has 0 bridgehead atoms. The summed E-state index contributed by atoms with van der Waals surface area (Å²) in [6.45, 7) is -1.46. The van der Waals surface area contributed by atoms with Crippen molar-refractivity contribution in [1.82, 2.24) is 10.6 Å². The molecular formula is C15H19F6N3O. The molecule has 0 aliphatic rings. The second-order valence-corrected chi connectivity index (χ2v) is 5.14. The first-order valence-electron chi connectivity index (χ1n) is 7.32. The van der Waals surface area contributed by atoms with Crippen molar-refractivity contribution < 1.29 is 31.1 Å². The van der Waals surface area contributed by atoms with Crippen molar-refractivity contribution in [3.63, 3.8) is 0 Å². The molecule has 1 aromatic carbocycles. The average molecular weight is 371 g/mol. The zero-order valence-corrected chi connectivity index (χ0v) is 13.5. The number of guanidine groups is 1. The molecule has 4 nitrogen and oxygen atoms in total. The van der Waals surface area contributed by atoms with E-state index < -0.39 is 25.4 Å². The molecule has 0 unspecified atom stereocenters. The third-order valence-corrected chi connectivity index (χ3v) is 2.94. The lowest BCUT2D eigenvalue weighted by Gasteiger charge is -2.13. The average Bonchev–Trinajstić information content (AvgIpc) is 2.49. The van der Waals surface area contributed by atoms with E-state index in [2.05, 4.69) is 20.4 Å². The predicted molar refractivity (Wildman–Crippen MR) is 81.0 cm³/mol. The van der Waals surface area contributed by atoms with Crippen LogP contribution in [0.1, 0.15) is 17.5 Å². The zero-order chi connectivity index (χ0) is 18.9. The van der Waals surface area contributed by atoms with Crippen LogP contribution in [0, 0.1) is 0 Å². The van der Waals surface area contributed by atoms with Crippen LogP contribution >= 0.6 is 0 Å². The summed E-state index contributed by atoms with van der Waals surface area (Å²) in [6, 6.07) is 6.60. The smallest absolute Gasteiger partial charge is 0.367 e. The number of ether oxygens (including phenoxy) is 1. The van der Waals surface area contributed by atoms with Crippen LogP contribution in [-0.4, -0.2) is 38.5 Å². The third-order valence-electron chi connectivity index (χ3n) is 2.94. The maximum atomic E-state index is 12.1. The molecule has 0 fully saturated rings. The van der Waals surface area contributed by atoms with Crippen molar-refractivity contribution in [2.75, 3.05) is 20.2 Å². The second kappa shape index (κ2) is 9.50. The van der Waals surface area contributed by atoms with E-state index in [1.165, 1.54) is 7.05 Å². The van der Waals surface area contributed by atoms with Gasteiger partial charge in [0.25, 0.3) is 0 Å². The van der Waals surface area contributed by atoms with Crippen molar-refractivity contribution in [2.24, 2.45) is 4.99 Å². The zero-order valence-electron chi connectivity index (χ0n) is 13.5. The maximum absolute atomic E-state index is 12.1. The minimum atomic E-state index is -4.36. The normalized spacial score (nSPS) is 13.0. The number of alkyl halides is 6. The summed E-state index contributed by atoms with van der Waals surface area (Å²) in [5.41, 5.74) is 1.37. The van der Waals surface area contributed by atoms with E-state index in [-0.39, 0.29) is 19.1 Å². The van der Waals surface area contributed by atoms with Crippen LogP contribution in [0.4, 0.5) is 26.3 Å². The van der Waals surface area contributed by atoms with E-state index in [4.69, 9.17) is 0 Å². The Morgan fingerprint density at radius 3 is 2.08 bits per heavy atom. The number of rotatable bonds is 7. The number of nitrogens with one attached hydrogen (secondary N) is 2. The van der Waals surface area contributed by atoms with E-state index in [0.29, 0.717) is 12.1 Å². The second-order valence-electron chi connectivity index (χ2n) is 5.14. The van der Waals surface area contributed by atoms with Gasteiger partial charge in [-0.3, -0.25) is 4.99 Å². The van der Waals surface area contributed by atoms with Crippen molar-refractivity contribution in [3.8, 4) is 0 Å². The van der Waals surface area contributed by atoms with E-state index in [1.54, 1.807) is 24.3 Å². The Hall–Kier alpha value is -1.97. The topological polar surface area (TPSA) is 45.7 Å². The highest BCUT2D eigenvalue weighted by molar-refractivity contribution is 5.79. The van der Waals surface area contributed by atoms with Crippen molar-refractivity contribution in [2.45, 2.75) is 31.9 Å². The molecule has 0 heterocycles. The van der Waals surface area contributed by atoms with Crippen LogP contribution < -0.4 is 10.6 Å². The van der Waals surface area contributed by atoms with Gasteiger partial charge in [0.15, 0.2) is 5.96 Å². The van der Waals surface area contributed by atoms with Gasteiger partial charge in [0, 0.05) is 20.1 Å². The summed E-state index contributed by atoms with van der Waals surface area (Å²) < 4.78 is 76.7. The molecule has 2 N–H and O–H groups in total. The number of hydrogen-bond acceptors (Lipinski definition) is 2. The quantitative estimate of drug-likeness (QED) is 0.439. The standard InChI is InChI=1S/C15H19F6N3O/c1-22-13(23-7-6-14(16,17)18)24-8-11-2-4-12(5-3-11)9-25-10-15(19,20)21/h2-5H,6-10H2,1H3,(H2,22,23,24). The molecule has 0 aliphatic carbocycles. The van der Waals surface area contributed by atoms with Gasteiger partial charge in [-0.1, -0.05) is 24.3 Å². The van der Waals surface area contributed by atoms with Crippen LogP contribution in [0.3, 0.4) is 0 Å². The van der Waals surface area contributed by atoms with Crippen LogP contribution in [0.25, 0.3) is 0 Å². The van der Waals surface area contributed by atoms with E-state index in [9.17, 15) is 26.3 Å². The SMILES string of the molecule is CN=C(NCCC(F)(F)F)NCc1ccc(COCC(F)(F)F)cc1. The number of benzene rings is 1. The molecule has 10 heteroatoms. The van der Waals surface area contributed by atoms with Gasteiger partial charge in [-0.2, -0.15) is 26.3 Å². The van der Waals surface area contributed by atoms with Crippen LogP contribution in [-0.2, 0) is 17.9 Å². The van der Waals surface area contributed by atoms with Crippen LogP contribution in [0.5, 0.6) is 0 Å². The summed E-state index contributed by atoms with van der Waals surface area (Å²) >= 11 is 0. The monoisotopic (exact) mass is 371 g/mol. The summed E-state index contributed by atoms with van der Waals surface area (Å²) in [6.07, 6.45) is -9.57. The Labute approximate surface area is 141 Å². The molecular weight excluding hydrogens is 352 g/mol. The van der Waals surface area contributed by atoms with E-state index in [1.807, 2.05) is 0 Å². The van der Waals surface area contributed by atoms with E-state index in [0.717, 1.165) is 5.56 Å². The maximum Gasteiger partial charge on any atom is 0.411 e. The first kappa shape index (κ1) is 21.1. The fourth-order valence-corrected chi connectivity index (χ4v) is 1.77. The van der Waals surface area contributed by atoms with Gasteiger partial charge in [0.2, 0.25) is 0 Å². The van der Waals surface area contributed by atoms with Gasteiger partial charge >= 0.3 is 12.4 Å². The summed E-state index contributed by atoms with van der Waals surface area (Å²) in [4.78, 5) is 3.80. The van der Waals surface area contributed by atoms with E-state index >= 15 is 0 Å². The Morgan fingerprint density at radius 1 is 0.960 bits per heavy atom. The fraction of sp³-hybridized carbons (Fsp3) is 0.533. The fourth-order valence-electron chi connectivity index (χ4n) is 1.77. The van der Waals surface area contributed by atoms with Crippen molar-refractivity contribution in [1.29, 1.82) is 0 Å². The molecule has 0 saturated heterocycles. The Morgan fingerprint density at radius 2 is 1.56 bits per heavy atom. The molecule has 0 saturated carbocycles. The lowest BCUT2D eigenvalue weighted by atomic mass is 10.1. The highest BCUT2D eigenvalue weighted by atomic mass is 19.4. The van der Waals surface area contributed by atoms with Gasteiger partial charge in [-0.25, -0.2) is 0 Å². The van der Waals surface area contributed by atoms with Gasteiger partial charge < -0.3 is 15.4 Å². The molecule has 142 valence electrons. The van der Waals surface area contributed by atoms with Crippen LogP contribution in [0.2, 0.25) is 0 Å². The number of halogens is 6. The molecule has 0 spiro atoms. The lowest BCUT2D eigenvalue weighted by Crippen LogP contribution is -2.38. The first-order valence-corrected chi connectivity index (χ1v) is 7.32. The van der Waals surface area contributed by atoms with Gasteiger partial charge in [0.05, 0.1) is 13.0 Å². The van der Waals surface area contributed by atoms with Gasteiger partial charge in [0.1, 0.15) is 6.61 Å². The number of hydrogen-bond donors (Lipinski definition) is 2. The summed E-state index contributed by atoms with van der Waals surface area (Å²) in [7, 11) is 1.43. The summed E-state index contributed by atoms with van der Waals surface area (Å²) in [5.74, 6) is 0.224.